The third-order valence-electron chi connectivity index (χ3n) is 4.25. The predicted molar refractivity (Wildman–Crippen MR) is 120 cm³/mol. The van der Waals surface area contributed by atoms with Crippen LogP contribution < -0.4 is 0 Å². The molecule has 0 amide bonds. The maximum Gasteiger partial charge on any atom is 0.303 e. The zero-order valence-corrected chi connectivity index (χ0v) is 20.7. The summed E-state index contributed by atoms with van der Waals surface area (Å²) >= 11 is 0. The van der Waals surface area contributed by atoms with Crippen molar-refractivity contribution in [3.05, 3.63) is 0 Å². The van der Waals surface area contributed by atoms with E-state index < -0.39 is 23.5 Å². The maximum absolute atomic E-state index is 12.8. The van der Waals surface area contributed by atoms with Gasteiger partial charge in [0.2, 0.25) is 0 Å². The van der Waals surface area contributed by atoms with Crippen LogP contribution in [0.2, 0.25) is 0 Å². The van der Waals surface area contributed by atoms with E-state index in [9.17, 15) is 22.8 Å². The van der Waals surface area contributed by atoms with Gasteiger partial charge in [0.05, 0.1) is 6.54 Å². The zero-order chi connectivity index (χ0) is 25.3. The Kier molecular flexibility index (Phi) is 20.2. The van der Waals surface area contributed by atoms with Gasteiger partial charge in [-0.05, 0) is 33.9 Å². The van der Waals surface area contributed by atoms with E-state index >= 15 is 0 Å². The Bertz CT molecular complexity index is 478. The van der Waals surface area contributed by atoms with E-state index in [1.807, 2.05) is 25.8 Å². The molecule has 2 fully saturated rings. The molecule has 0 saturated carbocycles. The van der Waals surface area contributed by atoms with Gasteiger partial charge < -0.3 is 15.1 Å². The number of carboxylic acid groups (broad SMARTS) is 2. The summed E-state index contributed by atoms with van der Waals surface area (Å²) in [6.07, 6.45) is 2.23. The molecule has 0 radical (unpaired) electrons. The van der Waals surface area contributed by atoms with Crippen molar-refractivity contribution in [1.82, 2.24) is 9.80 Å². The molecule has 2 saturated heterocycles. The molecule has 2 atom stereocenters. The standard InChI is InChI=1S/C8H13F2NO2.C6H12FN.C3H6O2.C3H8.C2H6/c1-11-5-8(9,10)4-6(11)2-3-7(12)13;1-6(7)3-4-8(2)5-6;1-2-3(4)5;1-3-2;1-2/h6H,2-5H2,1H3,(H,12,13);3-5H2,1-2H3;2H2,1H3,(H,4,5);3H2,1-2H3;1-2H3. The smallest absolute Gasteiger partial charge is 0.303 e. The first-order valence-corrected chi connectivity index (χ1v) is 11.1. The summed E-state index contributed by atoms with van der Waals surface area (Å²) in [6, 6.07) is -0.286. The predicted octanol–water partition coefficient (Wildman–Crippen LogP) is 5.16. The second-order valence-electron chi connectivity index (χ2n) is 7.92. The Morgan fingerprint density at radius 1 is 1.00 bits per heavy atom. The van der Waals surface area contributed by atoms with Gasteiger partial charge in [-0.2, -0.15) is 0 Å². The van der Waals surface area contributed by atoms with Crippen LogP contribution in [0.25, 0.3) is 0 Å². The van der Waals surface area contributed by atoms with Crippen LogP contribution in [0.3, 0.4) is 0 Å². The van der Waals surface area contributed by atoms with Gasteiger partial charge in [-0.3, -0.25) is 14.5 Å². The molecule has 31 heavy (non-hydrogen) atoms. The molecule has 0 aromatic rings. The topological polar surface area (TPSA) is 81.1 Å². The molecule has 2 unspecified atom stereocenters. The molecule has 0 bridgehead atoms. The van der Waals surface area contributed by atoms with E-state index in [2.05, 4.69) is 13.8 Å². The quantitative estimate of drug-likeness (QED) is 0.605. The first-order valence-electron chi connectivity index (χ1n) is 11.1. The highest BCUT2D eigenvalue weighted by Gasteiger charge is 2.42. The Morgan fingerprint density at radius 2 is 1.45 bits per heavy atom. The lowest BCUT2D eigenvalue weighted by Gasteiger charge is -2.16. The summed E-state index contributed by atoms with van der Waals surface area (Å²) in [7, 11) is 3.55. The number of hydrogen-bond donors (Lipinski definition) is 2. The first-order chi connectivity index (χ1) is 14.2. The van der Waals surface area contributed by atoms with Gasteiger partial charge in [-0.1, -0.05) is 41.0 Å². The number of carbonyl (C=O) groups is 2. The van der Waals surface area contributed by atoms with Crippen LogP contribution in [0, 0.1) is 0 Å². The van der Waals surface area contributed by atoms with Crippen molar-refractivity contribution in [1.29, 1.82) is 0 Å². The molecular weight excluding hydrogens is 413 g/mol. The lowest BCUT2D eigenvalue weighted by atomic mass is 10.1. The molecule has 188 valence electrons. The van der Waals surface area contributed by atoms with Crippen LogP contribution in [0.5, 0.6) is 0 Å². The van der Waals surface area contributed by atoms with Crippen LogP contribution >= 0.6 is 0 Å². The summed E-state index contributed by atoms with van der Waals surface area (Å²) in [5, 5.41) is 16.1. The van der Waals surface area contributed by atoms with Crippen molar-refractivity contribution < 1.29 is 33.0 Å². The monoisotopic (exact) mass is 458 g/mol. The number of halogens is 3. The van der Waals surface area contributed by atoms with Gasteiger partial charge in [-0.25, -0.2) is 13.2 Å². The van der Waals surface area contributed by atoms with Gasteiger partial charge in [0, 0.05) is 38.4 Å². The maximum atomic E-state index is 12.8. The number of likely N-dealkylation sites (tertiary alicyclic amines) is 2. The molecule has 0 aliphatic carbocycles. The van der Waals surface area contributed by atoms with E-state index in [1.54, 1.807) is 20.9 Å². The van der Waals surface area contributed by atoms with Crippen molar-refractivity contribution in [2.24, 2.45) is 0 Å². The Balaban J connectivity index is -0.000000372. The third-order valence-corrected chi connectivity index (χ3v) is 4.25. The van der Waals surface area contributed by atoms with Crippen LogP contribution in [0.15, 0.2) is 0 Å². The highest BCUT2D eigenvalue weighted by Crippen LogP contribution is 2.32. The van der Waals surface area contributed by atoms with Crippen LogP contribution in [0.1, 0.15) is 80.1 Å². The van der Waals surface area contributed by atoms with Gasteiger partial charge in [0.25, 0.3) is 5.92 Å². The lowest BCUT2D eigenvalue weighted by molar-refractivity contribution is -0.138. The fourth-order valence-electron chi connectivity index (χ4n) is 2.82. The van der Waals surface area contributed by atoms with Crippen molar-refractivity contribution in [2.75, 3.05) is 33.7 Å². The van der Waals surface area contributed by atoms with Gasteiger partial charge in [-0.15, -0.1) is 0 Å². The van der Waals surface area contributed by atoms with Crippen LogP contribution in [0.4, 0.5) is 13.2 Å². The van der Waals surface area contributed by atoms with E-state index in [0.717, 1.165) is 6.54 Å². The van der Waals surface area contributed by atoms with Gasteiger partial charge in [0.15, 0.2) is 0 Å². The van der Waals surface area contributed by atoms with Crippen molar-refractivity contribution >= 4 is 11.9 Å². The molecule has 2 aliphatic heterocycles. The first kappa shape index (κ1) is 34.3. The van der Waals surface area contributed by atoms with Crippen molar-refractivity contribution in [3.8, 4) is 0 Å². The second kappa shape index (κ2) is 18.2. The number of nitrogens with zero attached hydrogens (tertiary/aromatic N) is 2. The minimum absolute atomic E-state index is 0.0366. The normalized spacial score (nSPS) is 24.2. The number of hydrogen-bond acceptors (Lipinski definition) is 4. The zero-order valence-electron chi connectivity index (χ0n) is 20.7. The van der Waals surface area contributed by atoms with E-state index in [0.29, 0.717) is 19.4 Å². The van der Waals surface area contributed by atoms with E-state index in [4.69, 9.17) is 10.2 Å². The van der Waals surface area contributed by atoms with Gasteiger partial charge in [0.1, 0.15) is 5.67 Å². The molecule has 0 aromatic carbocycles. The molecule has 9 heteroatoms. The minimum atomic E-state index is -2.64. The summed E-state index contributed by atoms with van der Waals surface area (Å²) in [5.41, 5.74) is -0.908. The van der Waals surface area contributed by atoms with Crippen LogP contribution in [-0.4, -0.2) is 83.3 Å². The molecule has 2 heterocycles. The summed E-state index contributed by atoms with van der Waals surface area (Å²) < 4.78 is 38.4. The molecule has 2 aliphatic rings. The summed E-state index contributed by atoms with van der Waals surface area (Å²) in [4.78, 5) is 23.1. The lowest BCUT2D eigenvalue weighted by Crippen LogP contribution is -2.26. The summed E-state index contributed by atoms with van der Waals surface area (Å²) in [6.45, 7) is 12.8. The third kappa shape index (κ3) is 21.7. The van der Waals surface area contributed by atoms with Gasteiger partial charge >= 0.3 is 11.9 Å². The number of carboxylic acids is 2. The molecule has 0 aromatic heterocycles. The Hall–Kier alpha value is -1.35. The minimum Gasteiger partial charge on any atom is -0.481 e. The highest BCUT2D eigenvalue weighted by atomic mass is 19.3. The van der Waals surface area contributed by atoms with E-state index in [1.165, 1.54) is 11.3 Å². The average Bonchev–Trinajstić information content (AvgIpc) is 3.11. The Morgan fingerprint density at radius 3 is 1.65 bits per heavy atom. The average molecular weight is 459 g/mol. The largest absolute Gasteiger partial charge is 0.481 e. The fraction of sp³-hybridized carbons (Fsp3) is 0.909. The number of rotatable bonds is 4. The molecule has 0 spiro atoms. The highest BCUT2D eigenvalue weighted by molar-refractivity contribution is 5.66. The number of aliphatic carboxylic acids is 2. The fourth-order valence-corrected chi connectivity index (χ4v) is 2.82. The molecule has 2 rings (SSSR count). The second-order valence-corrected chi connectivity index (χ2v) is 7.92. The molecular formula is C22H45F3N2O4. The SMILES string of the molecule is CC.CCC.CCC(=O)O.CN1CC(F)(F)CC1CCC(=O)O.CN1CCC(C)(F)C1. The van der Waals surface area contributed by atoms with Crippen LogP contribution in [-0.2, 0) is 9.59 Å². The van der Waals surface area contributed by atoms with E-state index in [-0.39, 0.29) is 31.8 Å². The molecule has 2 N–H and O–H groups in total. The number of alkyl halides is 3. The molecule has 6 nitrogen and oxygen atoms in total. The van der Waals surface area contributed by atoms with Crippen molar-refractivity contribution in [2.45, 2.75) is 97.7 Å². The Labute approximate surface area is 186 Å². The summed E-state index contributed by atoms with van der Waals surface area (Å²) in [5.74, 6) is -4.31. The van der Waals surface area contributed by atoms with Crippen molar-refractivity contribution in [3.63, 3.8) is 0 Å².